The van der Waals surface area contributed by atoms with E-state index in [1.54, 1.807) is 24.3 Å². The summed E-state index contributed by atoms with van der Waals surface area (Å²) in [6.45, 7) is 0.430. The van der Waals surface area contributed by atoms with Crippen LogP contribution in [0.5, 0.6) is 0 Å². The van der Waals surface area contributed by atoms with Crippen molar-refractivity contribution in [3.05, 3.63) is 29.8 Å². The Balaban J connectivity index is 2.29. The maximum atomic E-state index is 12.1. The molecule has 1 aliphatic heterocycles. The van der Waals surface area contributed by atoms with Crippen molar-refractivity contribution in [1.29, 1.82) is 5.26 Å². The van der Waals surface area contributed by atoms with Gasteiger partial charge >= 0.3 is 0 Å². The quantitative estimate of drug-likeness (QED) is 0.773. The molecule has 1 amide bonds. The highest BCUT2D eigenvalue weighted by atomic mass is 32.2. The van der Waals surface area contributed by atoms with E-state index < -0.39 is 10.0 Å². The molecule has 0 atom stereocenters. The average molecular weight is 293 g/mol. The number of benzene rings is 1. The van der Waals surface area contributed by atoms with Gasteiger partial charge in [0, 0.05) is 19.2 Å². The van der Waals surface area contributed by atoms with Crippen LogP contribution < -0.4 is 4.31 Å². The fourth-order valence-electron chi connectivity index (χ4n) is 2.12. The lowest BCUT2D eigenvalue weighted by Gasteiger charge is -2.18. The van der Waals surface area contributed by atoms with Crippen LogP contribution in [-0.4, -0.2) is 45.1 Å². The number of carbonyl (C=O) groups excluding carboxylic acids is 1. The van der Waals surface area contributed by atoms with Gasteiger partial charge in [-0.25, -0.2) is 8.42 Å². The molecular weight excluding hydrogens is 278 g/mol. The lowest BCUT2D eigenvalue weighted by molar-refractivity contribution is 0.0812. The summed E-state index contributed by atoms with van der Waals surface area (Å²) in [5.41, 5.74) is 0.876. The molecule has 106 valence electrons. The van der Waals surface area contributed by atoms with Crippen molar-refractivity contribution in [3.8, 4) is 6.07 Å². The summed E-state index contributed by atoms with van der Waals surface area (Å²) in [6.07, 6.45) is 0.592. The van der Waals surface area contributed by atoms with Crippen molar-refractivity contribution in [1.82, 2.24) is 4.90 Å². The number of sulfonamides is 1. The van der Waals surface area contributed by atoms with Crippen LogP contribution in [0.3, 0.4) is 0 Å². The molecule has 1 aromatic carbocycles. The second-order valence-electron chi connectivity index (χ2n) is 4.61. The summed E-state index contributed by atoms with van der Waals surface area (Å²) in [4.78, 5) is 13.4. The Bertz CT molecular complexity index is 664. The van der Waals surface area contributed by atoms with Crippen LogP contribution in [0, 0.1) is 11.3 Å². The van der Waals surface area contributed by atoms with Crippen molar-refractivity contribution in [2.45, 2.75) is 6.42 Å². The third-order valence-electron chi connectivity index (χ3n) is 3.13. The highest BCUT2D eigenvalue weighted by Gasteiger charge is 2.28. The molecule has 6 nitrogen and oxygen atoms in total. The summed E-state index contributed by atoms with van der Waals surface area (Å²) in [6, 6.07) is 8.39. The summed E-state index contributed by atoms with van der Waals surface area (Å²) in [5, 5.41) is 8.60. The summed E-state index contributed by atoms with van der Waals surface area (Å²) in [5.74, 6) is -0.163. The van der Waals surface area contributed by atoms with Crippen molar-refractivity contribution in [3.63, 3.8) is 0 Å². The number of rotatable bonds is 3. The zero-order valence-electron chi connectivity index (χ0n) is 11.1. The Kier molecular flexibility index (Phi) is 3.95. The highest BCUT2D eigenvalue weighted by molar-refractivity contribution is 7.93. The minimum absolute atomic E-state index is 0.00886. The molecule has 20 heavy (non-hydrogen) atoms. The predicted octanol–water partition coefficient (Wildman–Crippen LogP) is 0.822. The summed E-state index contributed by atoms with van der Waals surface area (Å²) >= 11 is 0. The molecule has 2 rings (SSSR count). The van der Waals surface area contributed by atoms with Crippen molar-refractivity contribution in [2.24, 2.45) is 0 Å². The van der Waals surface area contributed by atoms with Crippen LogP contribution in [0.1, 0.15) is 16.8 Å². The number of hydrogen-bond acceptors (Lipinski definition) is 4. The average Bonchev–Trinajstić information content (AvgIpc) is 2.78. The smallest absolute Gasteiger partial charge is 0.254 e. The number of nitriles is 1. The Labute approximate surface area is 118 Å². The molecule has 0 spiro atoms. The molecule has 0 aromatic heterocycles. The number of anilines is 1. The molecule has 1 saturated heterocycles. The molecule has 1 aromatic rings. The fourth-order valence-corrected chi connectivity index (χ4v) is 3.68. The maximum Gasteiger partial charge on any atom is 0.254 e. The number of amides is 1. The van der Waals surface area contributed by atoms with Crippen LogP contribution in [0.4, 0.5) is 5.69 Å². The van der Waals surface area contributed by atoms with Gasteiger partial charge < -0.3 is 4.90 Å². The normalized spacial score (nSPS) is 16.7. The molecule has 0 radical (unpaired) electrons. The van der Waals surface area contributed by atoms with Gasteiger partial charge in [0.15, 0.2) is 0 Å². The van der Waals surface area contributed by atoms with Gasteiger partial charge in [-0.3, -0.25) is 9.10 Å². The number of carbonyl (C=O) groups is 1. The van der Waals surface area contributed by atoms with Gasteiger partial charge in [0.05, 0.1) is 17.5 Å². The SMILES string of the molecule is CN(CC#N)C(=O)c1cccc(N2CCCS2(=O)=O)c1. The second-order valence-corrected chi connectivity index (χ2v) is 6.62. The molecule has 0 unspecified atom stereocenters. The first-order chi connectivity index (χ1) is 9.45. The predicted molar refractivity (Wildman–Crippen MR) is 74.8 cm³/mol. The monoisotopic (exact) mass is 293 g/mol. The van der Waals surface area contributed by atoms with Gasteiger partial charge in [0.25, 0.3) is 5.91 Å². The van der Waals surface area contributed by atoms with E-state index in [-0.39, 0.29) is 18.2 Å². The lowest BCUT2D eigenvalue weighted by atomic mass is 10.1. The zero-order valence-corrected chi connectivity index (χ0v) is 11.9. The van der Waals surface area contributed by atoms with Crippen molar-refractivity contribution >= 4 is 21.6 Å². The van der Waals surface area contributed by atoms with E-state index in [4.69, 9.17) is 5.26 Å². The van der Waals surface area contributed by atoms with Gasteiger partial charge in [-0.05, 0) is 24.6 Å². The largest absolute Gasteiger partial charge is 0.328 e. The van der Waals surface area contributed by atoms with Gasteiger partial charge in [0.2, 0.25) is 10.0 Å². The number of hydrogen-bond donors (Lipinski definition) is 0. The molecule has 0 aliphatic carbocycles. The molecule has 0 bridgehead atoms. The first kappa shape index (κ1) is 14.3. The van der Waals surface area contributed by atoms with E-state index in [2.05, 4.69) is 0 Å². The Hall–Kier alpha value is -2.07. The van der Waals surface area contributed by atoms with Gasteiger partial charge in [-0.1, -0.05) is 6.07 Å². The minimum Gasteiger partial charge on any atom is -0.328 e. The van der Waals surface area contributed by atoms with Crippen LogP contribution in [0.2, 0.25) is 0 Å². The van der Waals surface area contributed by atoms with Crippen LogP contribution >= 0.6 is 0 Å². The first-order valence-electron chi connectivity index (χ1n) is 6.18. The zero-order chi connectivity index (χ0) is 14.8. The molecular formula is C13H15N3O3S. The van der Waals surface area contributed by atoms with E-state index in [9.17, 15) is 13.2 Å². The summed E-state index contributed by atoms with van der Waals surface area (Å²) in [7, 11) is -1.72. The van der Waals surface area contributed by atoms with Gasteiger partial charge in [0.1, 0.15) is 6.54 Å². The highest BCUT2D eigenvalue weighted by Crippen LogP contribution is 2.25. The summed E-state index contributed by atoms with van der Waals surface area (Å²) < 4.78 is 25.1. The van der Waals surface area contributed by atoms with E-state index >= 15 is 0 Å². The molecule has 0 N–H and O–H groups in total. The molecule has 1 fully saturated rings. The first-order valence-corrected chi connectivity index (χ1v) is 7.79. The Morgan fingerprint density at radius 1 is 1.50 bits per heavy atom. The molecule has 1 aliphatic rings. The fraction of sp³-hybridized carbons (Fsp3) is 0.385. The minimum atomic E-state index is -3.26. The van der Waals surface area contributed by atoms with E-state index in [0.717, 1.165) is 0 Å². The van der Waals surface area contributed by atoms with Gasteiger partial charge in [-0.15, -0.1) is 0 Å². The second kappa shape index (κ2) is 5.51. The topological polar surface area (TPSA) is 81.5 Å². The van der Waals surface area contributed by atoms with Gasteiger partial charge in [-0.2, -0.15) is 5.26 Å². The number of nitrogens with zero attached hydrogens (tertiary/aromatic N) is 3. The third kappa shape index (κ3) is 2.75. The van der Waals surface area contributed by atoms with Crippen molar-refractivity contribution < 1.29 is 13.2 Å². The standard InChI is InChI=1S/C13H15N3O3S/c1-15(8-6-14)13(17)11-4-2-5-12(10-11)16-7-3-9-20(16,18)19/h2,4-5,10H,3,7-9H2,1H3. The van der Waals surface area contributed by atoms with Crippen LogP contribution in [-0.2, 0) is 10.0 Å². The van der Waals surface area contributed by atoms with Crippen LogP contribution in [0.25, 0.3) is 0 Å². The maximum absolute atomic E-state index is 12.1. The third-order valence-corrected chi connectivity index (χ3v) is 5.00. The molecule has 7 heteroatoms. The van der Waals surface area contributed by atoms with E-state index in [0.29, 0.717) is 24.2 Å². The van der Waals surface area contributed by atoms with E-state index in [1.807, 2.05) is 6.07 Å². The van der Waals surface area contributed by atoms with Crippen molar-refractivity contribution in [2.75, 3.05) is 30.2 Å². The Morgan fingerprint density at radius 3 is 2.85 bits per heavy atom. The van der Waals surface area contributed by atoms with E-state index in [1.165, 1.54) is 16.3 Å². The molecule has 0 saturated carbocycles. The van der Waals surface area contributed by atoms with Crippen LogP contribution in [0.15, 0.2) is 24.3 Å². The Morgan fingerprint density at radius 2 is 2.25 bits per heavy atom. The lowest BCUT2D eigenvalue weighted by Crippen LogP contribution is -2.28. The molecule has 1 heterocycles.